The summed E-state index contributed by atoms with van der Waals surface area (Å²) >= 11 is 0. The van der Waals surface area contributed by atoms with Crippen molar-refractivity contribution in [2.24, 2.45) is 5.73 Å². The quantitative estimate of drug-likeness (QED) is 0.694. The number of carbonyl (C=O) groups excluding carboxylic acids is 1. The van der Waals surface area contributed by atoms with Crippen LogP contribution in [0.15, 0.2) is 24.3 Å². The fraction of sp³-hybridized carbons (Fsp3) is 0.500. The molecule has 0 unspecified atom stereocenters. The standard InChI is InChI=1S/C14H22N2O/c1-2-3-4-5-6-9-12-10-7-8-11-13(12)16-14(15)17/h7-8,10-11H,2-6,9H2,1H3,(H3,15,16,17). The molecule has 0 fully saturated rings. The minimum atomic E-state index is -0.497. The van der Waals surface area contributed by atoms with E-state index in [9.17, 15) is 4.79 Å². The first-order chi connectivity index (χ1) is 8.24. The van der Waals surface area contributed by atoms with Crippen molar-refractivity contribution in [3.63, 3.8) is 0 Å². The second kappa shape index (κ2) is 7.71. The lowest BCUT2D eigenvalue weighted by molar-refractivity contribution is 0.259. The van der Waals surface area contributed by atoms with Gasteiger partial charge in [0.05, 0.1) is 0 Å². The van der Waals surface area contributed by atoms with Gasteiger partial charge in [-0.25, -0.2) is 4.79 Å². The lowest BCUT2D eigenvalue weighted by atomic mass is 10.0. The molecule has 2 amide bonds. The predicted molar refractivity (Wildman–Crippen MR) is 72.1 cm³/mol. The molecule has 1 aromatic carbocycles. The molecule has 0 aliphatic heterocycles. The number of anilines is 1. The van der Waals surface area contributed by atoms with Crippen molar-refractivity contribution in [1.82, 2.24) is 0 Å². The van der Waals surface area contributed by atoms with E-state index in [1.807, 2.05) is 24.3 Å². The largest absolute Gasteiger partial charge is 0.351 e. The molecule has 1 rings (SSSR count). The minimum Gasteiger partial charge on any atom is -0.351 e. The third-order valence-electron chi connectivity index (χ3n) is 2.82. The molecule has 0 heterocycles. The van der Waals surface area contributed by atoms with Crippen molar-refractivity contribution in [2.45, 2.75) is 45.4 Å². The van der Waals surface area contributed by atoms with Gasteiger partial charge in [-0.2, -0.15) is 0 Å². The highest BCUT2D eigenvalue weighted by Crippen LogP contribution is 2.18. The summed E-state index contributed by atoms with van der Waals surface area (Å²) in [4.78, 5) is 10.8. The molecular weight excluding hydrogens is 212 g/mol. The molecule has 1 aromatic rings. The second-order valence-electron chi connectivity index (χ2n) is 4.31. The van der Waals surface area contributed by atoms with Crippen LogP contribution in [0.3, 0.4) is 0 Å². The average molecular weight is 234 g/mol. The molecular formula is C14H22N2O. The smallest absolute Gasteiger partial charge is 0.316 e. The minimum absolute atomic E-state index is 0.497. The van der Waals surface area contributed by atoms with Crippen LogP contribution in [0, 0.1) is 0 Å². The lowest BCUT2D eigenvalue weighted by Crippen LogP contribution is -2.20. The summed E-state index contributed by atoms with van der Waals surface area (Å²) in [5.74, 6) is 0. The molecule has 94 valence electrons. The van der Waals surface area contributed by atoms with E-state index in [4.69, 9.17) is 5.73 Å². The van der Waals surface area contributed by atoms with Crippen molar-refractivity contribution < 1.29 is 4.79 Å². The van der Waals surface area contributed by atoms with Gasteiger partial charge in [-0.1, -0.05) is 50.8 Å². The van der Waals surface area contributed by atoms with E-state index in [-0.39, 0.29) is 0 Å². The molecule has 0 aliphatic carbocycles. The third kappa shape index (κ3) is 5.38. The van der Waals surface area contributed by atoms with E-state index in [1.165, 1.54) is 31.2 Å². The lowest BCUT2D eigenvalue weighted by Gasteiger charge is -2.09. The number of amides is 2. The Bertz CT molecular complexity index is 350. The molecule has 0 saturated heterocycles. The Hall–Kier alpha value is -1.51. The first-order valence-electron chi connectivity index (χ1n) is 6.38. The van der Waals surface area contributed by atoms with Crippen molar-refractivity contribution in [3.05, 3.63) is 29.8 Å². The van der Waals surface area contributed by atoms with Crippen LogP contribution in [0.25, 0.3) is 0 Å². The number of nitrogens with one attached hydrogen (secondary N) is 1. The summed E-state index contributed by atoms with van der Waals surface area (Å²) in [6, 6.07) is 7.35. The number of carbonyl (C=O) groups is 1. The van der Waals surface area contributed by atoms with E-state index in [0.717, 1.165) is 18.5 Å². The topological polar surface area (TPSA) is 55.1 Å². The van der Waals surface area contributed by atoms with Gasteiger partial charge in [0.2, 0.25) is 0 Å². The summed E-state index contributed by atoms with van der Waals surface area (Å²) in [5, 5.41) is 2.66. The van der Waals surface area contributed by atoms with Gasteiger partial charge in [0.15, 0.2) is 0 Å². The fourth-order valence-corrected chi connectivity index (χ4v) is 1.91. The zero-order chi connectivity index (χ0) is 12.5. The Morgan fingerprint density at radius 3 is 2.59 bits per heavy atom. The van der Waals surface area contributed by atoms with E-state index >= 15 is 0 Å². The molecule has 3 heteroatoms. The average Bonchev–Trinajstić information content (AvgIpc) is 2.30. The Labute approximate surface area is 103 Å². The van der Waals surface area contributed by atoms with Gasteiger partial charge in [0, 0.05) is 5.69 Å². The summed E-state index contributed by atoms with van der Waals surface area (Å²) in [6.07, 6.45) is 7.28. The van der Waals surface area contributed by atoms with Gasteiger partial charge in [0.25, 0.3) is 0 Å². The van der Waals surface area contributed by atoms with Crippen molar-refractivity contribution in [2.75, 3.05) is 5.32 Å². The fourth-order valence-electron chi connectivity index (χ4n) is 1.91. The summed E-state index contributed by atoms with van der Waals surface area (Å²) in [5.41, 5.74) is 7.15. The maximum Gasteiger partial charge on any atom is 0.316 e. The molecule has 0 radical (unpaired) electrons. The first-order valence-corrected chi connectivity index (χ1v) is 6.38. The van der Waals surface area contributed by atoms with Gasteiger partial charge in [-0.15, -0.1) is 0 Å². The van der Waals surface area contributed by atoms with Crippen LogP contribution < -0.4 is 11.1 Å². The Balaban J connectivity index is 2.43. The molecule has 3 nitrogen and oxygen atoms in total. The SMILES string of the molecule is CCCCCCCc1ccccc1NC(N)=O. The zero-order valence-electron chi connectivity index (χ0n) is 10.5. The molecule has 0 saturated carbocycles. The molecule has 0 atom stereocenters. The highest BCUT2D eigenvalue weighted by molar-refractivity contribution is 5.88. The van der Waals surface area contributed by atoms with Crippen LogP contribution in [0.1, 0.15) is 44.6 Å². The van der Waals surface area contributed by atoms with Crippen molar-refractivity contribution >= 4 is 11.7 Å². The highest BCUT2D eigenvalue weighted by atomic mass is 16.2. The van der Waals surface area contributed by atoms with E-state index < -0.39 is 6.03 Å². The van der Waals surface area contributed by atoms with E-state index in [0.29, 0.717) is 0 Å². The Morgan fingerprint density at radius 2 is 1.88 bits per heavy atom. The monoisotopic (exact) mass is 234 g/mol. The Morgan fingerprint density at radius 1 is 1.18 bits per heavy atom. The number of hydrogen-bond acceptors (Lipinski definition) is 1. The normalized spacial score (nSPS) is 10.2. The molecule has 0 spiro atoms. The predicted octanol–water partition coefficient (Wildman–Crippen LogP) is 3.69. The molecule has 17 heavy (non-hydrogen) atoms. The Kier molecular flexibility index (Phi) is 6.15. The number of rotatable bonds is 7. The van der Waals surface area contributed by atoms with Crippen molar-refractivity contribution in [1.29, 1.82) is 0 Å². The van der Waals surface area contributed by atoms with Crippen LogP contribution in [0.4, 0.5) is 10.5 Å². The van der Waals surface area contributed by atoms with Crippen LogP contribution in [0.2, 0.25) is 0 Å². The number of hydrogen-bond donors (Lipinski definition) is 2. The molecule has 0 aromatic heterocycles. The van der Waals surface area contributed by atoms with Gasteiger partial charge < -0.3 is 11.1 Å². The summed E-state index contributed by atoms with van der Waals surface area (Å²) in [7, 11) is 0. The van der Waals surface area contributed by atoms with Crippen molar-refractivity contribution in [3.8, 4) is 0 Å². The number of primary amides is 1. The van der Waals surface area contributed by atoms with Crippen LogP contribution in [0.5, 0.6) is 0 Å². The number of benzene rings is 1. The van der Waals surface area contributed by atoms with Gasteiger partial charge >= 0.3 is 6.03 Å². The number of aryl methyl sites for hydroxylation is 1. The van der Waals surface area contributed by atoms with E-state index in [1.54, 1.807) is 0 Å². The molecule has 0 aliphatic rings. The van der Waals surface area contributed by atoms with Gasteiger partial charge in [0.1, 0.15) is 0 Å². The van der Waals surface area contributed by atoms with Crippen LogP contribution in [-0.4, -0.2) is 6.03 Å². The maximum absolute atomic E-state index is 10.8. The summed E-state index contributed by atoms with van der Waals surface area (Å²) < 4.78 is 0. The number of nitrogens with two attached hydrogens (primary N) is 1. The molecule has 3 N–H and O–H groups in total. The molecule has 0 bridgehead atoms. The number of unbranched alkanes of at least 4 members (excludes halogenated alkanes) is 4. The summed E-state index contributed by atoms with van der Waals surface area (Å²) in [6.45, 7) is 2.21. The second-order valence-corrected chi connectivity index (χ2v) is 4.31. The maximum atomic E-state index is 10.8. The zero-order valence-corrected chi connectivity index (χ0v) is 10.5. The van der Waals surface area contributed by atoms with Crippen LogP contribution in [-0.2, 0) is 6.42 Å². The van der Waals surface area contributed by atoms with Crippen LogP contribution >= 0.6 is 0 Å². The van der Waals surface area contributed by atoms with E-state index in [2.05, 4.69) is 12.2 Å². The highest BCUT2D eigenvalue weighted by Gasteiger charge is 2.02. The van der Waals surface area contributed by atoms with Gasteiger partial charge in [-0.3, -0.25) is 0 Å². The number of para-hydroxylation sites is 1. The number of urea groups is 1. The first kappa shape index (κ1) is 13.6. The third-order valence-corrected chi connectivity index (χ3v) is 2.82. The van der Waals surface area contributed by atoms with Gasteiger partial charge in [-0.05, 0) is 24.5 Å².